The summed E-state index contributed by atoms with van der Waals surface area (Å²) >= 11 is 1.43. The molecule has 0 amide bonds. The molecule has 0 radical (unpaired) electrons. The number of nitrogens with one attached hydrogen (secondary N) is 1. The van der Waals surface area contributed by atoms with Crippen molar-refractivity contribution in [3.63, 3.8) is 0 Å². The topological polar surface area (TPSA) is 75.2 Å². The second-order valence-electron chi connectivity index (χ2n) is 9.51. The van der Waals surface area contributed by atoms with Crippen LogP contribution >= 0.6 is 18.7 Å². The van der Waals surface area contributed by atoms with E-state index in [2.05, 4.69) is 5.32 Å². The van der Waals surface area contributed by atoms with E-state index in [-0.39, 0.29) is 0 Å². The number of aryl methyl sites for hydroxylation is 1. The molecule has 5 rings (SSSR count). The first-order valence-electron chi connectivity index (χ1n) is 10.9. The summed E-state index contributed by atoms with van der Waals surface area (Å²) < 4.78 is 46.5. The Morgan fingerprint density at radius 1 is 0.969 bits per heavy atom. The molecule has 3 fully saturated rings. The Kier molecular flexibility index (Phi) is 5.57. The first-order chi connectivity index (χ1) is 15.1. The minimum atomic E-state index is -3.42. The van der Waals surface area contributed by atoms with Crippen molar-refractivity contribution < 1.29 is 28.0 Å². The highest BCUT2D eigenvalue weighted by Gasteiger charge is 2.63. The molecule has 1 aromatic carbocycles. The number of thiophene rings is 1. The van der Waals surface area contributed by atoms with Gasteiger partial charge in [-0.15, -0.1) is 11.3 Å². The van der Waals surface area contributed by atoms with Gasteiger partial charge in [0.2, 0.25) is 0 Å². The highest BCUT2D eigenvalue weighted by atomic mass is 32.1. The van der Waals surface area contributed by atoms with Crippen LogP contribution in [0, 0.1) is 6.92 Å². The summed E-state index contributed by atoms with van der Waals surface area (Å²) in [7, 11) is -3.42. The van der Waals surface area contributed by atoms with Crippen molar-refractivity contribution in [2.75, 3.05) is 11.9 Å². The van der Waals surface area contributed by atoms with Crippen LogP contribution in [0.5, 0.6) is 0 Å². The quantitative estimate of drug-likeness (QED) is 0.649. The van der Waals surface area contributed by atoms with Gasteiger partial charge in [-0.3, -0.25) is 4.57 Å². The summed E-state index contributed by atoms with van der Waals surface area (Å²) in [6, 6.07) is 11.7. The fraction of sp³-hybridized carbons (Fsp3) is 0.565. The van der Waals surface area contributed by atoms with E-state index in [1.54, 1.807) is 0 Å². The maximum absolute atomic E-state index is 14.7. The second kappa shape index (κ2) is 7.91. The van der Waals surface area contributed by atoms with E-state index >= 15 is 0 Å². The molecular formula is C23H30NO6PS. The molecule has 0 bridgehead atoms. The first kappa shape index (κ1) is 22.5. The van der Waals surface area contributed by atoms with Crippen molar-refractivity contribution in [1.82, 2.24) is 0 Å². The molecule has 1 unspecified atom stereocenters. The lowest BCUT2D eigenvalue weighted by atomic mass is 10.0. The lowest BCUT2D eigenvalue weighted by Crippen LogP contribution is -2.56. The van der Waals surface area contributed by atoms with E-state index in [0.29, 0.717) is 11.2 Å². The standard InChI is InChI=1S/C23H30NO6PS/c1-14-8-10-15(11-9-14)24-21-20-19(28-23(4,5)29-20)18(16-13-26-22(2,3)27-16)30-31(21,25)17-7-6-12-32-17/h6-12,16,18-21,24H,13H2,1-5H3/t16-,18-,19+,20+,21-,31?/m1/s1. The molecule has 3 saturated heterocycles. The van der Waals surface area contributed by atoms with Crippen molar-refractivity contribution in [3.8, 4) is 0 Å². The summed E-state index contributed by atoms with van der Waals surface area (Å²) in [5.74, 6) is -2.19. The Hall–Kier alpha value is -1.25. The van der Waals surface area contributed by atoms with Crippen molar-refractivity contribution in [2.24, 2.45) is 0 Å². The van der Waals surface area contributed by atoms with E-state index in [4.69, 9.17) is 23.5 Å². The third-order valence-corrected chi connectivity index (χ3v) is 10.2. The van der Waals surface area contributed by atoms with Gasteiger partial charge < -0.3 is 28.8 Å². The zero-order valence-corrected chi connectivity index (χ0v) is 20.7. The minimum absolute atomic E-state index is 0.338. The molecular weight excluding hydrogens is 449 g/mol. The monoisotopic (exact) mass is 479 g/mol. The molecule has 3 aliphatic heterocycles. The molecule has 1 N–H and O–H groups in total. The Labute approximate surface area is 192 Å². The third-order valence-electron chi connectivity index (χ3n) is 6.02. The fourth-order valence-electron chi connectivity index (χ4n) is 4.60. The van der Waals surface area contributed by atoms with Gasteiger partial charge in [-0.2, -0.15) is 0 Å². The third kappa shape index (κ3) is 4.07. The van der Waals surface area contributed by atoms with Crippen LogP contribution in [0.25, 0.3) is 0 Å². The van der Waals surface area contributed by atoms with E-state index in [1.165, 1.54) is 11.3 Å². The smallest absolute Gasteiger partial charge is 0.266 e. The molecule has 32 heavy (non-hydrogen) atoms. The van der Waals surface area contributed by atoms with Crippen LogP contribution in [0.2, 0.25) is 0 Å². The van der Waals surface area contributed by atoms with Crippen molar-refractivity contribution >= 4 is 29.0 Å². The lowest BCUT2D eigenvalue weighted by molar-refractivity contribution is -0.174. The Morgan fingerprint density at radius 3 is 2.31 bits per heavy atom. The number of hydrogen-bond acceptors (Lipinski definition) is 8. The van der Waals surface area contributed by atoms with E-state index in [9.17, 15) is 4.57 Å². The number of anilines is 1. The van der Waals surface area contributed by atoms with Crippen LogP contribution in [-0.2, 0) is 28.0 Å². The largest absolute Gasteiger partial charge is 0.371 e. The van der Waals surface area contributed by atoms with Gasteiger partial charge in [0.25, 0.3) is 7.37 Å². The fourth-order valence-corrected chi connectivity index (χ4v) is 8.65. The maximum atomic E-state index is 14.7. The SMILES string of the molecule is Cc1ccc(N[C@H]2[C@H]3OC(C)(C)O[C@H]3[C@@H]([C@H]3COC(C)(C)O3)OP2(=O)c2cccs2)cc1. The van der Waals surface area contributed by atoms with Gasteiger partial charge in [0.1, 0.15) is 30.2 Å². The number of hydrogen-bond donors (Lipinski definition) is 1. The van der Waals surface area contributed by atoms with Crippen molar-refractivity contribution in [3.05, 3.63) is 47.3 Å². The molecule has 174 valence electrons. The van der Waals surface area contributed by atoms with Gasteiger partial charge in [0.15, 0.2) is 11.6 Å². The van der Waals surface area contributed by atoms with Crippen molar-refractivity contribution in [2.45, 2.75) is 76.4 Å². The predicted octanol–water partition coefficient (Wildman–Crippen LogP) is 4.47. The van der Waals surface area contributed by atoms with Gasteiger partial charge in [0, 0.05) is 5.69 Å². The molecule has 6 atom stereocenters. The zero-order chi connectivity index (χ0) is 22.7. The molecule has 2 aromatic rings. The maximum Gasteiger partial charge on any atom is 0.266 e. The average molecular weight is 480 g/mol. The molecule has 0 spiro atoms. The van der Waals surface area contributed by atoms with Crippen LogP contribution in [0.15, 0.2) is 41.8 Å². The number of ether oxygens (including phenoxy) is 4. The van der Waals surface area contributed by atoms with Crippen LogP contribution in [0.4, 0.5) is 5.69 Å². The summed E-state index contributed by atoms with van der Waals surface area (Å²) in [5.41, 5.74) is 2.01. The van der Waals surface area contributed by atoms with Gasteiger partial charge in [0.05, 0.1) is 11.2 Å². The van der Waals surface area contributed by atoms with Crippen molar-refractivity contribution in [1.29, 1.82) is 0 Å². The Morgan fingerprint density at radius 2 is 1.69 bits per heavy atom. The van der Waals surface area contributed by atoms with Crippen LogP contribution in [-0.4, -0.2) is 48.4 Å². The number of fused-ring (bicyclic) bond motifs is 1. The molecule has 9 heteroatoms. The van der Waals surface area contributed by atoms with Gasteiger partial charge in [-0.25, -0.2) is 0 Å². The Balaban J connectivity index is 1.56. The molecule has 3 aliphatic rings. The zero-order valence-electron chi connectivity index (χ0n) is 18.9. The van der Waals surface area contributed by atoms with Crippen LogP contribution in [0.3, 0.4) is 0 Å². The lowest BCUT2D eigenvalue weighted by Gasteiger charge is -2.43. The molecule has 1 aromatic heterocycles. The highest BCUT2D eigenvalue weighted by Crippen LogP contribution is 2.61. The van der Waals surface area contributed by atoms with Gasteiger partial charge in [-0.05, 0) is 58.2 Å². The summed E-state index contributed by atoms with van der Waals surface area (Å²) in [6.07, 6.45) is -1.96. The molecule has 0 saturated carbocycles. The number of rotatable bonds is 4. The van der Waals surface area contributed by atoms with Crippen LogP contribution in [0.1, 0.15) is 33.3 Å². The van der Waals surface area contributed by atoms with E-state index in [0.717, 1.165) is 11.3 Å². The van der Waals surface area contributed by atoms with Gasteiger partial charge >= 0.3 is 0 Å². The predicted molar refractivity (Wildman–Crippen MR) is 124 cm³/mol. The highest BCUT2D eigenvalue weighted by molar-refractivity contribution is 7.73. The number of benzene rings is 1. The Bertz CT molecular complexity index is 1010. The normalized spacial score (nSPS) is 37.8. The minimum Gasteiger partial charge on any atom is -0.371 e. The average Bonchev–Trinajstić information content (AvgIpc) is 3.44. The van der Waals surface area contributed by atoms with E-state index < -0.39 is 49.1 Å². The molecule has 0 aliphatic carbocycles. The van der Waals surface area contributed by atoms with E-state index in [1.807, 2.05) is 76.4 Å². The summed E-state index contributed by atoms with van der Waals surface area (Å²) in [6.45, 7) is 9.85. The molecule has 7 nitrogen and oxygen atoms in total. The van der Waals surface area contributed by atoms with Gasteiger partial charge in [-0.1, -0.05) is 23.8 Å². The first-order valence-corrected chi connectivity index (χ1v) is 13.5. The second-order valence-corrected chi connectivity index (χ2v) is 13.2. The summed E-state index contributed by atoms with van der Waals surface area (Å²) in [4.78, 5) is 0. The molecule has 4 heterocycles. The van der Waals surface area contributed by atoms with Crippen LogP contribution < -0.4 is 9.94 Å². The summed E-state index contributed by atoms with van der Waals surface area (Å²) in [5, 5.41) is 5.38.